The summed E-state index contributed by atoms with van der Waals surface area (Å²) in [5.41, 5.74) is 1.92. The first-order valence-electron chi connectivity index (χ1n) is 5.86. The monoisotopic (exact) mass is 229 g/mol. The topological polar surface area (TPSA) is 25.8 Å². The summed E-state index contributed by atoms with van der Waals surface area (Å²) in [6, 6.07) is 17.4. The fourth-order valence-corrected chi connectivity index (χ4v) is 2.52. The normalized spacial score (nSPS) is 11.3. The Morgan fingerprint density at radius 1 is 0.722 bits per heavy atom. The second-order valence-electron chi connectivity index (χ2n) is 4.27. The minimum atomic E-state index is 0.959. The highest BCUT2D eigenvalue weighted by Gasteiger charge is 2.08. The van der Waals surface area contributed by atoms with Crippen LogP contribution in [-0.4, -0.2) is 9.97 Å². The van der Waals surface area contributed by atoms with E-state index in [1.807, 2.05) is 18.2 Å². The smallest absolute Gasteiger partial charge is 0.0971 e. The molecule has 0 aliphatic heterocycles. The van der Waals surface area contributed by atoms with Crippen LogP contribution in [0.4, 0.5) is 0 Å². The van der Waals surface area contributed by atoms with Crippen molar-refractivity contribution in [2.45, 2.75) is 0 Å². The summed E-state index contributed by atoms with van der Waals surface area (Å²) in [6.07, 6.45) is 3.49. The highest BCUT2D eigenvalue weighted by molar-refractivity contribution is 6.22. The Kier molecular flexibility index (Phi) is 1.86. The Morgan fingerprint density at radius 2 is 1.39 bits per heavy atom. The zero-order valence-electron chi connectivity index (χ0n) is 9.59. The summed E-state index contributed by atoms with van der Waals surface area (Å²) in [4.78, 5) is 8.97. The summed E-state index contributed by atoms with van der Waals surface area (Å²) in [7, 11) is 0. The molecule has 0 atom stereocenters. The maximum absolute atomic E-state index is 4.49. The molecule has 83 valence electrons. The molecule has 1 heterocycles. The molecular weight excluding hydrogens is 220 g/mol. The Balaban J connectivity index is 2.46. The number of hydrogen-bond acceptors (Lipinski definition) is 2. The van der Waals surface area contributed by atoms with Crippen LogP contribution in [0.5, 0.6) is 0 Å². The summed E-state index contributed by atoms with van der Waals surface area (Å²) < 4.78 is 0. The molecule has 2 heteroatoms. The lowest BCUT2D eigenvalue weighted by Crippen LogP contribution is -1.87. The highest BCUT2D eigenvalue weighted by Crippen LogP contribution is 2.31. The van der Waals surface area contributed by atoms with Crippen LogP contribution >= 0.6 is 0 Å². The standard InChI is InChI=1S/C16H9N2/c1-3-7-13-11(5-1)12-6-2-4-8-14(12)16-15(13)17-9-10-18-16/h1,3-10H. The molecule has 18 heavy (non-hydrogen) atoms. The molecule has 0 amide bonds. The van der Waals surface area contributed by atoms with E-state index >= 15 is 0 Å². The number of nitrogens with zero attached hydrogens (tertiary/aromatic N) is 2. The van der Waals surface area contributed by atoms with Gasteiger partial charge in [0.05, 0.1) is 11.0 Å². The van der Waals surface area contributed by atoms with Gasteiger partial charge in [-0.3, -0.25) is 9.97 Å². The van der Waals surface area contributed by atoms with E-state index in [0.717, 1.165) is 21.8 Å². The third-order valence-electron chi connectivity index (χ3n) is 3.29. The van der Waals surface area contributed by atoms with Crippen LogP contribution in [0.2, 0.25) is 0 Å². The molecule has 0 saturated carbocycles. The second kappa shape index (κ2) is 3.50. The van der Waals surface area contributed by atoms with E-state index < -0.39 is 0 Å². The van der Waals surface area contributed by atoms with Crippen LogP contribution in [0, 0.1) is 6.07 Å². The molecule has 0 spiro atoms. The minimum Gasteiger partial charge on any atom is -0.252 e. The Morgan fingerprint density at radius 3 is 2.17 bits per heavy atom. The van der Waals surface area contributed by atoms with Gasteiger partial charge in [0.15, 0.2) is 0 Å². The van der Waals surface area contributed by atoms with Gasteiger partial charge in [-0.05, 0) is 22.9 Å². The van der Waals surface area contributed by atoms with Crippen LogP contribution in [0.1, 0.15) is 0 Å². The third-order valence-corrected chi connectivity index (χ3v) is 3.29. The quantitative estimate of drug-likeness (QED) is 0.429. The summed E-state index contributed by atoms with van der Waals surface area (Å²) in [5.74, 6) is 0. The Labute approximate surface area is 104 Å². The average molecular weight is 229 g/mol. The highest BCUT2D eigenvalue weighted by atomic mass is 14.8. The molecule has 0 aliphatic rings. The minimum absolute atomic E-state index is 0.959. The molecule has 0 unspecified atom stereocenters. The number of fused-ring (bicyclic) bond motifs is 6. The van der Waals surface area contributed by atoms with E-state index in [2.05, 4.69) is 40.3 Å². The molecule has 1 radical (unpaired) electrons. The van der Waals surface area contributed by atoms with Crippen molar-refractivity contribution >= 4 is 32.6 Å². The predicted octanol–water partition coefficient (Wildman–Crippen LogP) is 3.74. The van der Waals surface area contributed by atoms with Crippen LogP contribution < -0.4 is 0 Å². The van der Waals surface area contributed by atoms with Crippen LogP contribution in [0.15, 0.2) is 54.9 Å². The first-order chi connectivity index (χ1) is 8.95. The zero-order chi connectivity index (χ0) is 11.9. The van der Waals surface area contributed by atoms with E-state index in [-0.39, 0.29) is 0 Å². The molecule has 3 aromatic carbocycles. The lowest BCUT2D eigenvalue weighted by atomic mass is 10.00. The maximum atomic E-state index is 4.49. The van der Waals surface area contributed by atoms with Gasteiger partial charge in [-0.25, -0.2) is 0 Å². The summed E-state index contributed by atoms with van der Waals surface area (Å²) >= 11 is 0. The molecule has 0 N–H and O–H groups in total. The van der Waals surface area contributed by atoms with Gasteiger partial charge < -0.3 is 0 Å². The van der Waals surface area contributed by atoms with Crippen LogP contribution in [0.25, 0.3) is 32.6 Å². The van der Waals surface area contributed by atoms with Crippen molar-refractivity contribution in [3.8, 4) is 0 Å². The van der Waals surface area contributed by atoms with Gasteiger partial charge in [-0.2, -0.15) is 0 Å². The van der Waals surface area contributed by atoms with Crippen LogP contribution in [-0.2, 0) is 0 Å². The fourth-order valence-electron chi connectivity index (χ4n) is 2.52. The zero-order valence-corrected chi connectivity index (χ0v) is 9.59. The number of benzene rings is 3. The summed E-state index contributed by atoms with van der Waals surface area (Å²) in [5, 5.41) is 4.67. The molecule has 4 rings (SSSR count). The van der Waals surface area contributed by atoms with Crippen molar-refractivity contribution in [1.82, 2.24) is 9.97 Å². The lowest BCUT2D eigenvalue weighted by Gasteiger charge is -2.07. The molecule has 1 aromatic heterocycles. The van der Waals surface area contributed by atoms with E-state index in [1.165, 1.54) is 10.8 Å². The van der Waals surface area contributed by atoms with Gasteiger partial charge in [-0.15, -0.1) is 0 Å². The molecule has 4 aromatic rings. The first-order valence-corrected chi connectivity index (χ1v) is 5.86. The number of hydrogen-bond donors (Lipinski definition) is 0. The maximum Gasteiger partial charge on any atom is 0.0971 e. The number of rotatable bonds is 0. The van der Waals surface area contributed by atoms with Crippen molar-refractivity contribution < 1.29 is 0 Å². The van der Waals surface area contributed by atoms with Crippen molar-refractivity contribution in [2.75, 3.05) is 0 Å². The molecule has 0 saturated heterocycles. The average Bonchev–Trinajstić information content (AvgIpc) is 2.48. The lowest BCUT2D eigenvalue weighted by molar-refractivity contribution is 1.31. The van der Waals surface area contributed by atoms with E-state index in [9.17, 15) is 0 Å². The Hall–Kier alpha value is -2.48. The summed E-state index contributed by atoms with van der Waals surface area (Å²) in [6.45, 7) is 0. The Bertz CT molecular complexity index is 661. The number of aromatic nitrogens is 2. The van der Waals surface area contributed by atoms with Gasteiger partial charge in [0.1, 0.15) is 0 Å². The first kappa shape index (κ1) is 9.54. The van der Waals surface area contributed by atoms with Gasteiger partial charge in [0.25, 0.3) is 0 Å². The third kappa shape index (κ3) is 1.17. The van der Waals surface area contributed by atoms with Gasteiger partial charge in [-0.1, -0.05) is 36.4 Å². The predicted molar refractivity (Wildman–Crippen MR) is 73.4 cm³/mol. The van der Waals surface area contributed by atoms with Crippen molar-refractivity contribution in [1.29, 1.82) is 0 Å². The molecule has 2 nitrogen and oxygen atoms in total. The van der Waals surface area contributed by atoms with Gasteiger partial charge in [0, 0.05) is 23.2 Å². The van der Waals surface area contributed by atoms with Crippen molar-refractivity contribution in [2.24, 2.45) is 0 Å². The molecular formula is C16H9N2. The van der Waals surface area contributed by atoms with Crippen molar-refractivity contribution in [3.63, 3.8) is 0 Å². The molecule has 0 aliphatic carbocycles. The van der Waals surface area contributed by atoms with Crippen LogP contribution in [0.3, 0.4) is 0 Å². The van der Waals surface area contributed by atoms with E-state index in [0.29, 0.717) is 0 Å². The largest absolute Gasteiger partial charge is 0.252 e. The second-order valence-corrected chi connectivity index (χ2v) is 4.27. The van der Waals surface area contributed by atoms with Crippen molar-refractivity contribution in [3.05, 3.63) is 60.9 Å². The fraction of sp³-hybridized carbons (Fsp3) is 0. The molecule has 0 bridgehead atoms. The van der Waals surface area contributed by atoms with Gasteiger partial charge >= 0.3 is 0 Å². The SMILES string of the molecule is [c]1ccc2c(c1)c1ccccc1c1nccnc21. The van der Waals surface area contributed by atoms with E-state index in [4.69, 9.17) is 0 Å². The van der Waals surface area contributed by atoms with Gasteiger partial charge in [0.2, 0.25) is 0 Å². The van der Waals surface area contributed by atoms with E-state index in [1.54, 1.807) is 12.4 Å². The molecule has 0 fully saturated rings.